The van der Waals surface area contributed by atoms with Gasteiger partial charge in [0.05, 0.1) is 14.2 Å². The predicted molar refractivity (Wildman–Crippen MR) is 59.5 cm³/mol. The van der Waals surface area contributed by atoms with E-state index in [0.717, 1.165) is 0 Å². The number of benzene rings is 1. The van der Waals surface area contributed by atoms with Crippen LogP contribution < -0.4 is 4.74 Å². The number of hydrogen-bond donors (Lipinski definition) is 0. The van der Waals surface area contributed by atoms with E-state index in [1.165, 1.54) is 14.2 Å². The molecule has 17 heavy (non-hydrogen) atoms. The summed E-state index contributed by atoms with van der Waals surface area (Å²) >= 11 is 0. The maximum absolute atomic E-state index is 11.3. The van der Waals surface area contributed by atoms with Crippen LogP contribution in [0.3, 0.4) is 0 Å². The van der Waals surface area contributed by atoms with Crippen LogP contribution in [-0.2, 0) is 19.1 Å². The van der Waals surface area contributed by atoms with E-state index < -0.39 is 17.9 Å². The van der Waals surface area contributed by atoms with Crippen LogP contribution in [0.1, 0.15) is 0 Å². The third-order valence-electron chi connectivity index (χ3n) is 2.13. The van der Waals surface area contributed by atoms with Crippen molar-refractivity contribution in [3.63, 3.8) is 0 Å². The predicted octanol–water partition coefficient (Wildman–Crippen LogP) is 1.03. The van der Waals surface area contributed by atoms with Crippen LogP contribution in [-0.4, -0.2) is 32.8 Å². The minimum Gasteiger partial charge on any atom is -0.492 e. The third kappa shape index (κ3) is 3.79. The molecular formula is C12H14O5. The summed E-state index contributed by atoms with van der Waals surface area (Å²) in [6, 6.07) is 8.88. The van der Waals surface area contributed by atoms with Gasteiger partial charge in [-0.2, -0.15) is 0 Å². The van der Waals surface area contributed by atoms with E-state index in [1.54, 1.807) is 24.3 Å². The molecule has 0 fully saturated rings. The first-order chi connectivity index (χ1) is 8.19. The van der Waals surface area contributed by atoms with Gasteiger partial charge >= 0.3 is 11.9 Å². The Balaban J connectivity index is 2.61. The molecular weight excluding hydrogens is 224 g/mol. The van der Waals surface area contributed by atoms with Gasteiger partial charge in [-0.05, 0) is 12.1 Å². The largest absolute Gasteiger partial charge is 0.492 e. The topological polar surface area (TPSA) is 61.8 Å². The SMILES string of the molecule is COC(=O)C(COc1ccccc1)C(=O)OC. The number of carbonyl (C=O) groups excluding carboxylic acids is 2. The van der Waals surface area contributed by atoms with Crippen molar-refractivity contribution in [2.45, 2.75) is 0 Å². The molecule has 1 aromatic rings. The lowest BCUT2D eigenvalue weighted by atomic mass is 10.1. The molecule has 0 aliphatic carbocycles. The normalized spacial score (nSPS) is 9.82. The molecule has 0 saturated heterocycles. The van der Waals surface area contributed by atoms with Gasteiger partial charge in [0.25, 0.3) is 0 Å². The number of esters is 2. The summed E-state index contributed by atoms with van der Waals surface area (Å²) < 4.78 is 14.3. The molecule has 92 valence electrons. The molecule has 0 aromatic heterocycles. The molecule has 0 aliphatic heterocycles. The fraction of sp³-hybridized carbons (Fsp3) is 0.333. The van der Waals surface area contributed by atoms with E-state index in [-0.39, 0.29) is 6.61 Å². The number of para-hydroxylation sites is 1. The van der Waals surface area contributed by atoms with Gasteiger partial charge in [0.1, 0.15) is 12.4 Å². The molecule has 1 aromatic carbocycles. The lowest BCUT2D eigenvalue weighted by Gasteiger charge is -2.13. The molecule has 0 heterocycles. The molecule has 1 rings (SSSR count). The lowest BCUT2D eigenvalue weighted by molar-refractivity contribution is -0.160. The van der Waals surface area contributed by atoms with E-state index >= 15 is 0 Å². The van der Waals surface area contributed by atoms with Crippen LogP contribution in [0.5, 0.6) is 5.75 Å². The van der Waals surface area contributed by atoms with E-state index in [4.69, 9.17) is 4.74 Å². The van der Waals surface area contributed by atoms with Gasteiger partial charge in [0, 0.05) is 0 Å². The van der Waals surface area contributed by atoms with Gasteiger partial charge in [-0.25, -0.2) is 0 Å². The molecule has 0 spiro atoms. The molecule has 0 aliphatic rings. The second-order valence-corrected chi connectivity index (χ2v) is 3.22. The van der Waals surface area contributed by atoms with E-state index in [2.05, 4.69) is 9.47 Å². The maximum atomic E-state index is 11.3. The van der Waals surface area contributed by atoms with Crippen molar-refractivity contribution in [1.29, 1.82) is 0 Å². The summed E-state index contributed by atoms with van der Waals surface area (Å²) in [7, 11) is 2.42. The number of carbonyl (C=O) groups is 2. The number of rotatable bonds is 5. The van der Waals surface area contributed by atoms with Crippen molar-refractivity contribution in [3.8, 4) is 5.75 Å². The Morgan fingerprint density at radius 3 is 2.06 bits per heavy atom. The van der Waals surface area contributed by atoms with Gasteiger partial charge in [0.2, 0.25) is 0 Å². The molecule has 0 N–H and O–H groups in total. The highest BCUT2D eigenvalue weighted by Gasteiger charge is 2.29. The standard InChI is InChI=1S/C12H14O5/c1-15-11(13)10(12(14)16-2)8-17-9-6-4-3-5-7-9/h3-7,10H,8H2,1-2H3. The Bertz CT molecular complexity index is 358. The van der Waals surface area contributed by atoms with E-state index in [9.17, 15) is 9.59 Å². The summed E-state index contributed by atoms with van der Waals surface area (Å²) in [6.45, 7) is -0.108. The Morgan fingerprint density at radius 2 is 1.59 bits per heavy atom. The highest BCUT2D eigenvalue weighted by molar-refractivity contribution is 5.95. The molecule has 5 heteroatoms. The van der Waals surface area contributed by atoms with Crippen molar-refractivity contribution in [2.75, 3.05) is 20.8 Å². The van der Waals surface area contributed by atoms with Gasteiger partial charge < -0.3 is 14.2 Å². The third-order valence-corrected chi connectivity index (χ3v) is 2.13. The number of ether oxygens (including phenoxy) is 3. The minimum absolute atomic E-state index is 0.108. The average molecular weight is 238 g/mol. The first-order valence-electron chi connectivity index (χ1n) is 5.02. The van der Waals surface area contributed by atoms with Crippen LogP contribution >= 0.6 is 0 Å². The average Bonchev–Trinajstić information content (AvgIpc) is 2.39. The molecule has 0 saturated carbocycles. The summed E-state index contributed by atoms with van der Waals surface area (Å²) in [6.07, 6.45) is 0. The first-order valence-corrected chi connectivity index (χ1v) is 5.02. The fourth-order valence-electron chi connectivity index (χ4n) is 1.21. The summed E-state index contributed by atoms with van der Waals surface area (Å²) in [4.78, 5) is 22.7. The monoisotopic (exact) mass is 238 g/mol. The summed E-state index contributed by atoms with van der Waals surface area (Å²) in [5, 5.41) is 0. The Hall–Kier alpha value is -2.04. The van der Waals surface area contributed by atoms with Crippen molar-refractivity contribution >= 4 is 11.9 Å². The quantitative estimate of drug-likeness (QED) is 0.566. The lowest BCUT2D eigenvalue weighted by Crippen LogP contribution is -2.31. The second kappa shape index (κ2) is 6.52. The van der Waals surface area contributed by atoms with Crippen molar-refractivity contribution in [2.24, 2.45) is 5.92 Å². The van der Waals surface area contributed by atoms with Crippen LogP contribution in [0.15, 0.2) is 30.3 Å². The zero-order valence-corrected chi connectivity index (χ0v) is 9.71. The van der Waals surface area contributed by atoms with Crippen LogP contribution in [0.2, 0.25) is 0 Å². The van der Waals surface area contributed by atoms with Crippen LogP contribution in [0.25, 0.3) is 0 Å². The van der Waals surface area contributed by atoms with Gasteiger partial charge in [-0.15, -0.1) is 0 Å². The maximum Gasteiger partial charge on any atom is 0.323 e. The van der Waals surface area contributed by atoms with Gasteiger partial charge in [-0.1, -0.05) is 18.2 Å². The molecule has 0 bridgehead atoms. The smallest absolute Gasteiger partial charge is 0.323 e. The van der Waals surface area contributed by atoms with Gasteiger partial charge in [0.15, 0.2) is 5.92 Å². The van der Waals surface area contributed by atoms with Crippen molar-refractivity contribution in [3.05, 3.63) is 30.3 Å². The van der Waals surface area contributed by atoms with Crippen LogP contribution in [0, 0.1) is 5.92 Å². The number of hydrogen-bond acceptors (Lipinski definition) is 5. The molecule has 0 amide bonds. The molecule has 0 radical (unpaired) electrons. The first kappa shape index (κ1) is 13.0. The Kier molecular flexibility index (Phi) is 5.00. The van der Waals surface area contributed by atoms with E-state index in [1.807, 2.05) is 6.07 Å². The highest BCUT2D eigenvalue weighted by Crippen LogP contribution is 2.11. The fourth-order valence-corrected chi connectivity index (χ4v) is 1.21. The molecule has 0 unspecified atom stereocenters. The van der Waals surface area contributed by atoms with Crippen molar-refractivity contribution in [1.82, 2.24) is 0 Å². The zero-order chi connectivity index (χ0) is 12.7. The molecule has 5 nitrogen and oxygen atoms in total. The molecule has 0 atom stereocenters. The Morgan fingerprint density at radius 1 is 1.06 bits per heavy atom. The minimum atomic E-state index is -1.06. The zero-order valence-electron chi connectivity index (χ0n) is 9.71. The van der Waals surface area contributed by atoms with Gasteiger partial charge in [-0.3, -0.25) is 9.59 Å². The Labute approximate surface area is 99.3 Å². The second-order valence-electron chi connectivity index (χ2n) is 3.22. The van der Waals surface area contributed by atoms with Crippen molar-refractivity contribution < 1.29 is 23.8 Å². The summed E-state index contributed by atoms with van der Waals surface area (Å²) in [5.74, 6) is -1.84. The van der Waals surface area contributed by atoms with E-state index in [0.29, 0.717) is 5.75 Å². The number of methoxy groups -OCH3 is 2. The van der Waals surface area contributed by atoms with Crippen LogP contribution in [0.4, 0.5) is 0 Å². The summed E-state index contributed by atoms with van der Waals surface area (Å²) in [5.41, 5.74) is 0. The highest BCUT2D eigenvalue weighted by atomic mass is 16.5.